The Morgan fingerprint density at radius 3 is 2.57 bits per heavy atom. The van der Waals surface area contributed by atoms with Crippen LogP contribution < -0.4 is 0 Å². The maximum absolute atomic E-state index is 8.47. The second-order valence-electron chi connectivity index (χ2n) is 1.14. The SMILES string of the molecule is O[C]1C=CC=CO1. The highest BCUT2D eigenvalue weighted by atomic mass is 16.6. The molecule has 1 N–H and O–H groups in total. The molecule has 0 bridgehead atoms. The standard InChI is InChI=1S/C5H5O2/c6-5-3-1-2-4-7-5/h1-4,6H. The van der Waals surface area contributed by atoms with E-state index in [1.54, 1.807) is 12.2 Å². The maximum atomic E-state index is 8.47. The van der Waals surface area contributed by atoms with Gasteiger partial charge >= 0.3 is 0 Å². The third-order valence-electron chi connectivity index (χ3n) is 0.617. The summed E-state index contributed by atoms with van der Waals surface area (Å²) in [6, 6.07) is 0. The third kappa shape index (κ3) is 1.05. The molecule has 0 aliphatic carbocycles. The van der Waals surface area contributed by atoms with Crippen LogP contribution >= 0.6 is 0 Å². The molecule has 1 aliphatic heterocycles. The summed E-state index contributed by atoms with van der Waals surface area (Å²) in [5.74, 6) is 0. The molecular formula is C5H5O2. The molecule has 0 saturated carbocycles. The second kappa shape index (κ2) is 1.80. The van der Waals surface area contributed by atoms with E-state index >= 15 is 0 Å². The Balaban J connectivity index is 2.49. The van der Waals surface area contributed by atoms with E-state index < -0.39 is 0 Å². The molecule has 1 radical (unpaired) electrons. The molecule has 0 aromatic rings. The van der Waals surface area contributed by atoms with Crippen molar-refractivity contribution >= 4 is 0 Å². The van der Waals surface area contributed by atoms with Crippen LogP contribution in [0.25, 0.3) is 0 Å². The van der Waals surface area contributed by atoms with Gasteiger partial charge in [-0.3, -0.25) is 0 Å². The summed E-state index contributed by atoms with van der Waals surface area (Å²) in [4.78, 5) is 0. The Morgan fingerprint density at radius 1 is 1.43 bits per heavy atom. The average molecular weight is 97.1 g/mol. The summed E-state index contributed by atoms with van der Waals surface area (Å²) < 4.78 is 4.48. The second-order valence-corrected chi connectivity index (χ2v) is 1.14. The van der Waals surface area contributed by atoms with E-state index in [2.05, 4.69) is 4.74 Å². The van der Waals surface area contributed by atoms with Gasteiger partial charge in [0.25, 0.3) is 6.29 Å². The van der Waals surface area contributed by atoms with Gasteiger partial charge in [-0.25, -0.2) is 0 Å². The molecule has 0 spiro atoms. The molecule has 37 valence electrons. The molecule has 0 fully saturated rings. The fourth-order valence-corrected chi connectivity index (χ4v) is 0.332. The van der Waals surface area contributed by atoms with E-state index in [-0.39, 0.29) is 6.29 Å². The zero-order valence-electron chi connectivity index (χ0n) is 3.66. The maximum Gasteiger partial charge on any atom is 0.298 e. The van der Waals surface area contributed by atoms with Crippen LogP contribution in [-0.4, -0.2) is 5.11 Å². The molecule has 0 unspecified atom stereocenters. The van der Waals surface area contributed by atoms with Gasteiger partial charge in [-0.1, -0.05) is 6.08 Å². The molecular weight excluding hydrogens is 92.1 g/mol. The molecule has 1 aliphatic rings. The van der Waals surface area contributed by atoms with Crippen molar-refractivity contribution in [2.75, 3.05) is 0 Å². The lowest BCUT2D eigenvalue weighted by atomic mass is 10.4. The first-order chi connectivity index (χ1) is 3.39. The zero-order chi connectivity index (χ0) is 5.11. The smallest absolute Gasteiger partial charge is 0.298 e. The molecule has 1 rings (SSSR count). The first kappa shape index (κ1) is 4.40. The molecule has 0 aromatic carbocycles. The lowest BCUT2D eigenvalue weighted by Gasteiger charge is -2.02. The highest BCUT2D eigenvalue weighted by Crippen LogP contribution is 2.03. The summed E-state index contributed by atoms with van der Waals surface area (Å²) in [6.45, 7) is 0. The number of aliphatic hydroxyl groups excluding tert-OH is 1. The number of rotatable bonds is 0. The number of hydrogen-bond donors (Lipinski definition) is 1. The fraction of sp³-hybridized carbons (Fsp3) is 0. The van der Waals surface area contributed by atoms with Gasteiger partial charge in [0.1, 0.15) is 0 Å². The van der Waals surface area contributed by atoms with Crippen LogP contribution in [0.15, 0.2) is 24.5 Å². The number of aliphatic hydroxyl groups is 1. The van der Waals surface area contributed by atoms with Crippen LogP contribution in [0.4, 0.5) is 0 Å². The van der Waals surface area contributed by atoms with Gasteiger partial charge in [0.15, 0.2) is 0 Å². The molecule has 1 heterocycles. The lowest BCUT2D eigenvalue weighted by molar-refractivity contribution is 0.0945. The normalized spacial score (nSPS) is 19.6. The summed E-state index contributed by atoms with van der Waals surface area (Å²) in [5, 5.41) is 8.47. The minimum Gasteiger partial charge on any atom is -0.460 e. The monoisotopic (exact) mass is 97.0 g/mol. The Labute approximate surface area is 41.7 Å². The first-order valence-corrected chi connectivity index (χ1v) is 1.95. The van der Waals surface area contributed by atoms with Crippen molar-refractivity contribution in [3.8, 4) is 0 Å². The van der Waals surface area contributed by atoms with E-state index in [0.717, 1.165) is 0 Å². The number of ether oxygens (including phenoxy) is 1. The Kier molecular flexibility index (Phi) is 1.13. The van der Waals surface area contributed by atoms with E-state index in [9.17, 15) is 0 Å². The van der Waals surface area contributed by atoms with Gasteiger partial charge in [0.05, 0.1) is 6.26 Å². The number of hydrogen-bond acceptors (Lipinski definition) is 2. The largest absolute Gasteiger partial charge is 0.460 e. The van der Waals surface area contributed by atoms with Gasteiger partial charge in [-0.2, -0.15) is 0 Å². The molecule has 2 nitrogen and oxygen atoms in total. The van der Waals surface area contributed by atoms with Crippen molar-refractivity contribution in [1.29, 1.82) is 0 Å². The van der Waals surface area contributed by atoms with Crippen molar-refractivity contribution in [2.45, 2.75) is 0 Å². The minimum absolute atomic E-state index is 0.0532. The molecule has 0 aromatic heterocycles. The summed E-state index contributed by atoms with van der Waals surface area (Å²) in [7, 11) is 0. The van der Waals surface area contributed by atoms with E-state index in [1.165, 1.54) is 12.3 Å². The molecule has 0 saturated heterocycles. The Bertz CT molecular complexity index is 105. The molecule has 2 heteroatoms. The Hall–Kier alpha value is -0.760. The molecule has 7 heavy (non-hydrogen) atoms. The Morgan fingerprint density at radius 2 is 2.29 bits per heavy atom. The highest BCUT2D eigenvalue weighted by Gasteiger charge is 1.98. The highest BCUT2D eigenvalue weighted by molar-refractivity contribution is 5.10. The molecule has 0 amide bonds. The van der Waals surface area contributed by atoms with Crippen molar-refractivity contribution in [1.82, 2.24) is 0 Å². The third-order valence-corrected chi connectivity index (χ3v) is 0.617. The quantitative estimate of drug-likeness (QED) is 0.487. The van der Waals surface area contributed by atoms with Crippen LogP contribution in [0.2, 0.25) is 0 Å². The van der Waals surface area contributed by atoms with Crippen LogP contribution in [0.1, 0.15) is 0 Å². The van der Waals surface area contributed by atoms with E-state index in [1.807, 2.05) is 0 Å². The average Bonchev–Trinajstić information content (AvgIpc) is 1.69. The topological polar surface area (TPSA) is 29.5 Å². The van der Waals surface area contributed by atoms with Crippen molar-refractivity contribution < 1.29 is 9.84 Å². The lowest BCUT2D eigenvalue weighted by Crippen LogP contribution is -1.93. The van der Waals surface area contributed by atoms with Gasteiger partial charge in [0, 0.05) is 0 Å². The first-order valence-electron chi connectivity index (χ1n) is 1.95. The van der Waals surface area contributed by atoms with Gasteiger partial charge in [-0.05, 0) is 12.2 Å². The van der Waals surface area contributed by atoms with Gasteiger partial charge in [0.2, 0.25) is 0 Å². The summed E-state index contributed by atoms with van der Waals surface area (Å²) in [5.41, 5.74) is 0. The van der Waals surface area contributed by atoms with Gasteiger partial charge in [-0.15, -0.1) is 0 Å². The van der Waals surface area contributed by atoms with Gasteiger partial charge < -0.3 is 9.84 Å². The summed E-state index contributed by atoms with van der Waals surface area (Å²) in [6.07, 6.45) is 6.22. The van der Waals surface area contributed by atoms with Crippen molar-refractivity contribution in [3.05, 3.63) is 30.8 Å². The van der Waals surface area contributed by atoms with Crippen LogP contribution in [-0.2, 0) is 4.74 Å². The predicted octanol–water partition coefficient (Wildman–Crippen LogP) is 0.948. The predicted molar refractivity (Wildman–Crippen MR) is 24.5 cm³/mol. The van der Waals surface area contributed by atoms with Crippen molar-refractivity contribution in [2.24, 2.45) is 0 Å². The van der Waals surface area contributed by atoms with Crippen molar-refractivity contribution in [3.63, 3.8) is 0 Å². The zero-order valence-corrected chi connectivity index (χ0v) is 3.66. The summed E-state index contributed by atoms with van der Waals surface area (Å²) >= 11 is 0. The van der Waals surface area contributed by atoms with E-state index in [4.69, 9.17) is 5.11 Å². The van der Waals surface area contributed by atoms with Crippen LogP contribution in [0.3, 0.4) is 0 Å². The van der Waals surface area contributed by atoms with E-state index in [0.29, 0.717) is 0 Å². The van der Waals surface area contributed by atoms with Crippen LogP contribution in [0, 0.1) is 6.29 Å². The fourth-order valence-electron chi connectivity index (χ4n) is 0.332. The number of allylic oxidation sites excluding steroid dienone is 2. The molecule has 0 atom stereocenters. The van der Waals surface area contributed by atoms with Crippen LogP contribution in [0.5, 0.6) is 0 Å². The minimum atomic E-state index is -0.0532.